The zero-order valence-corrected chi connectivity index (χ0v) is 13.2. The molecule has 6 nitrogen and oxygen atoms in total. The van der Waals surface area contributed by atoms with Gasteiger partial charge in [-0.1, -0.05) is 12.1 Å². The van der Waals surface area contributed by atoms with Crippen LogP contribution in [0.5, 0.6) is 0 Å². The van der Waals surface area contributed by atoms with E-state index in [9.17, 15) is 9.59 Å². The molecule has 2 aromatic heterocycles. The van der Waals surface area contributed by atoms with Crippen LogP contribution in [0.4, 0.5) is 0 Å². The van der Waals surface area contributed by atoms with Crippen molar-refractivity contribution in [3.05, 3.63) is 58.0 Å². The minimum atomic E-state index is -0.916. The monoisotopic (exact) mass is 337 g/mol. The fraction of sp³-hybridized carbons (Fsp3) is 0.118. The van der Waals surface area contributed by atoms with Gasteiger partial charge in [-0.05, 0) is 36.2 Å². The number of hydrogen-bond donors (Lipinski definition) is 1. The van der Waals surface area contributed by atoms with Crippen LogP contribution in [-0.4, -0.2) is 21.0 Å². The SMILES string of the molecule is N#Cc1cc(CCC(=O)O)cc(-c2nc(=O)c3ccccc3s2)n1. The van der Waals surface area contributed by atoms with Crippen LogP contribution in [0.15, 0.2) is 41.2 Å². The van der Waals surface area contributed by atoms with Crippen LogP contribution in [0, 0.1) is 11.3 Å². The molecule has 0 saturated heterocycles. The smallest absolute Gasteiger partial charge is 0.303 e. The highest BCUT2D eigenvalue weighted by molar-refractivity contribution is 7.21. The van der Waals surface area contributed by atoms with Crippen LogP contribution in [0.3, 0.4) is 0 Å². The topological polar surface area (TPSA) is 104 Å². The molecule has 3 rings (SSSR count). The van der Waals surface area contributed by atoms with Crippen LogP contribution in [0.2, 0.25) is 0 Å². The molecule has 7 heteroatoms. The predicted octanol–water partition coefficient (Wildman–Crippen LogP) is 2.61. The van der Waals surface area contributed by atoms with Gasteiger partial charge < -0.3 is 5.11 Å². The number of aliphatic carboxylic acids is 1. The van der Waals surface area contributed by atoms with Gasteiger partial charge in [0.2, 0.25) is 0 Å². The lowest BCUT2D eigenvalue weighted by Gasteiger charge is -2.05. The Hall–Kier alpha value is -3.11. The van der Waals surface area contributed by atoms with Crippen LogP contribution in [0.25, 0.3) is 20.8 Å². The summed E-state index contributed by atoms with van der Waals surface area (Å²) in [6.45, 7) is 0. The van der Waals surface area contributed by atoms with E-state index in [0.29, 0.717) is 21.7 Å². The fourth-order valence-electron chi connectivity index (χ4n) is 2.27. The summed E-state index contributed by atoms with van der Waals surface area (Å²) < 4.78 is 0.781. The lowest BCUT2D eigenvalue weighted by atomic mass is 10.1. The maximum absolute atomic E-state index is 12.2. The van der Waals surface area contributed by atoms with E-state index in [2.05, 4.69) is 9.97 Å². The van der Waals surface area contributed by atoms with E-state index in [1.807, 2.05) is 18.2 Å². The van der Waals surface area contributed by atoms with Crippen molar-refractivity contribution in [2.45, 2.75) is 12.8 Å². The van der Waals surface area contributed by atoms with E-state index < -0.39 is 5.97 Å². The van der Waals surface area contributed by atoms with E-state index in [1.165, 1.54) is 11.3 Å². The number of carboxylic acid groups (broad SMARTS) is 1. The van der Waals surface area contributed by atoms with Crippen molar-refractivity contribution < 1.29 is 9.90 Å². The zero-order valence-electron chi connectivity index (χ0n) is 12.4. The molecule has 0 aliphatic rings. The minimum Gasteiger partial charge on any atom is -0.481 e. The number of carbonyl (C=O) groups is 1. The molecular weight excluding hydrogens is 326 g/mol. The van der Waals surface area contributed by atoms with Gasteiger partial charge in [0.05, 0.1) is 5.39 Å². The van der Waals surface area contributed by atoms with Gasteiger partial charge in [0.1, 0.15) is 22.5 Å². The van der Waals surface area contributed by atoms with Crippen molar-refractivity contribution in [3.63, 3.8) is 0 Å². The highest BCUT2D eigenvalue weighted by Crippen LogP contribution is 2.25. The van der Waals surface area contributed by atoms with E-state index in [-0.39, 0.29) is 24.1 Å². The fourth-order valence-corrected chi connectivity index (χ4v) is 3.23. The number of rotatable bonds is 4. The number of aryl methyl sites for hydroxylation is 1. The molecule has 0 aliphatic carbocycles. The van der Waals surface area contributed by atoms with E-state index in [0.717, 1.165) is 4.70 Å². The molecule has 0 fully saturated rings. The number of pyridine rings is 1. The lowest BCUT2D eigenvalue weighted by Crippen LogP contribution is -2.07. The Morgan fingerprint density at radius 2 is 2.04 bits per heavy atom. The molecule has 0 unspecified atom stereocenters. The van der Waals surface area contributed by atoms with Gasteiger partial charge in [-0.3, -0.25) is 9.59 Å². The highest BCUT2D eigenvalue weighted by Gasteiger charge is 2.11. The number of hydrogen-bond acceptors (Lipinski definition) is 6. The molecule has 0 saturated carbocycles. The normalized spacial score (nSPS) is 10.5. The van der Waals surface area contributed by atoms with Crippen LogP contribution in [0.1, 0.15) is 17.7 Å². The van der Waals surface area contributed by atoms with Gasteiger partial charge in [-0.15, -0.1) is 11.3 Å². The first-order chi connectivity index (χ1) is 11.6. The largest absolute Gasteiger partial charge is 0.481 e. The Kier molecular flexibility index (Phi) is 4.31. The molecule has 0 atom stereocenters. The molecule has 2 heterocycles. The quantitative estimate of drug-likeness (QED) is 0.785. The Bertz CT molecular complexity index is 1040. The van der Waals surface area contributed by atoms with Gasteiger partial charge >= 0.3 is 5.97 Å². The predicted molar refractivity (Wildman–Crippen MR) is 89.8 cm³/mol. The van der Waals surface area contributed by atoms with Crippen LogP contribution in [-0.2, 0) is 11.2 Å². The molecule has 118 valence electrons. The van der Waals surface area contributed by atoms with Gasteiger partial charge in [0, 0.05) is 11.1 Å². The molecule has 1 N–H and O–H groups in total. The Morgan fingerprint density at radius 3 is 2.79 bits per heavy atom. The van der Waals surface area contributed by atoms with Crippen molar-refractivity contribution >= 4 is 27.4 Å². The summed E-state index contributed by atoms with van der Waals surface area (Å²) in [4.78, 5) is 31.1. The molecule has 3 aromatic rings. The third kappa shape index (κ3) is 3.29. The molecule has 0 aliphatic heterocycles. The molecule has 0 bridgehead atoms. The van der Waals surface area contributed by atoms with Crippen molar-refractivity contribution in [1.82, 2.24) is 9.97 Å². The van der Waals surface area contributed by atoms with Crippen LogP contribution < -0.4 is 5.56 Å². The van der Waals surface area contributed by atoms with Gasteiger partial charge in [-0.2, -0.15) is 10.2 Å². The number of fused-ring (bicyclic) bond motifs is 1. The van der Waals surface area contributed by atoms with E-state index in [4.69, 9.17) is 10.4 Å². The van der Waals surface area contributed by atoms with Crippen LogP contribution >= 0.6 is 11.3 Å². The summed E-state index contributed by atoms with van der Waals surface area (Å²) >= 11 is 1.31. The maximum Gasteiger partial charge on any atom is 0.303 e. The highest BCUT2D eigenvalue weighted by atomic mass is 32.1. The number of carboxylic acids is 1. The summed E-state index contributed by atoms with van der Waals surface area (Å²) in [5, 5.41) is 18.9. The summed E-state index contributed by atoms with van der Waals surface area (Å²) in [5.41, 5.74) is 0.897. The summed E-state index contributed by atoms with van der Waals surface area (Å²) in [7, 11) is 0. The molecular formula is C17H11N3O3S. The minimum absolute atomic E-state index is 0.0459. The average molecular weight is 337 g/mol. The third-order valence-electron chi connectivity index (χ3n) is 3.37. The van der Waals surface area contributed by atoms with Crippen molar-refractivity contribution in [1.29, 1.82) is 5.26 Å². The lowest BCUT2D eigenvalue weighted by molar-refractivity contribution is -0.136. The first kappa shape index (κ1) is 15.8. The molecule has 1 aromatic carbocycles. The molecule has 0 spiro atoms. The Balaban J connectivity index is 2.11. The third-order valence-corrected chi connectivity index (χ3v) is 4.44. The van der Waals surface area contributed by atoms with Gasteiger partial charge in [-0.25, -0.2) is 4.98 Å². The van der Waals surface area contributed by atoms with Crippen molar-refractivity contribution in [3.8, 4) is 16.8 Å². The maximum atomic E-state index is 12.2. The number of benzene rings is 1. The van der Waals surface area contributed by atoms with Gasteiger partial charge in [0.25, 0.3) is 5.56 Å². The van der Waals surface area contributed by atoms with Crippen molar-refractivity contribution in [2.75, 3.05) is 0 Å². The van der Waals surface area contributed by atoms with Crippen molar-refractivity contribution in [2.24, 2.45) is 0 Å². The van der Waals surface area contributed by atoms with Gasteiger partial charge in [0.15, 0.2) is 0 Å². The number of nitrogens with zero attached hydrogens (tertiary/aromatic N) is 3. The Morgan fingerprint density at radius 1 is 1.25 bits per heavy atom. The molecule has 0 radical (unpaired) electrons. The first-order valence-electron chi connectivity index (χ1n) is 7.10. The summed E-state index contributed by atoms with van der Waals surface area (Å²) in [6.07, 6.45) is 0.234. The average Bonchev–Trinajstić information content (AvgIpc) is 2.59. The summed E-state index contributed by atoms with van der Waals surface area (Å²) in [5.74, 6) is -0.916. The molecule has 0 amide bonds. The Labute approximate surface area is 140 Å². The first-order valence-corrected chi connectivity index (χ1v) is 7.91. The number of nitriles is 1. The standard InChI is InChI=1S/C17H11N3O3S/c18-9-11-7-10(5-6-15(21)22)8-13(19-11)17-20-16(23)12-3-1-2-4-14(12)24-17/h1-4,7-8H,5-6H2,(H,21,22). The second-order valence-corrected chi connectivity index (χ2v) is 6.10. The second kappa shape index (κ2) is 6.56. The van der Waals surface area contributed by atoms with E-state index >= 15 is 0 Å². The summed E-state index contributed by atoms with van der Waals surface area (Å²) in [6, 6.07) is 12.3. The second-order valence-electron chi connectivity index (χ2n) is 5.07. The molecule has 24 heavy (non-hydrogen) atoms. The number of aromatic nitrogens is 2. The van der Waals surface area contributed by atoms with E-state index in [1.54, 1.807) is 24.3 Å². The zero-order chi connectivity index (χ0) is 17.1.